The van der Waals surface area contributed by atoms with Gasteiger partial charge in [0.1, 0.15) is 13.2 Å². The highest BCUT2D eigenvalue weighted by molar-refractivity contribution is 5.71. The lowest BCUT2D eigenvalue weighted by Crippen LogP contribution is -2.30. The molecule has 1 unspecified atom stereocenters. The van der Waals surface area contributed by atoms with Crippen LogP contribution in [-0.2, 0) is 28.6 Å². The summed E-state index contributed by atoms with van der Waals surface area (Å²) in [5.41, 5.74) is 0. The van der Waals surface area contributed by atoms with Crippen molar-refractivity contribution >= 4 is 17.9 Å². The Morgan fingerprint density at radius 1 is 0.290 bits per heavy atom. The molecule has 0 aliphatic heterocycles. The van der Waals surface area contributed by atoms with Gasteiger partial charge in [0.05, 0.1) is 0 Å². The Labute approximate surface area is 428 Å². The van der Waals surface area contributed by atoms with Crippen LogP contribution < -0.4 is 0 Å². The van der Waals surface area contributed by atoms with E-state index in [0.29, 0.717) is 19.3 Å². The second-order valence-corrected chi connectivity index (χ2v) is 20.2. The van der Waals surface area contributed by atoms with E-state index in [-0.39, 0.29) is 31.1 Å². The van der Waals surface area contributed by atoms with Gasteiger partial charge < -0.3 is 14.2 Å². The number of allylic oxidation sites excluding steroid dienone is 8. The molecule has 0 heterocycles. The number of rotatable bonds is 55. The van der Waals surface area contributed by atoms with E-state index in [1.165, 1.54) is 186 Å². The molecule has 0 fully saturated rings. The van der Waals surface area contributed by atoms with Crippen molar-refractivity contribution in [2.75, 3.05) is 13.2 Å². The Morgan fingerprint density at radius 3 is 0.855 bits per heavy atom. The standard InChI is InChI=1S/C63H114O6/c1-4-7-10-13-16-19-22-25-27-29-30-31-32-33-34-35-37-38-41-44-47-50-53-56-62(65)68-59-60(58-67-61(64)55-52-49-46-43-40-24-21-18-15-12-9-6-3)69-63(66)57-54-51-48-45-42-39-36-28-26-23-20-17-14-11-8-5-2/h18,20-21,23,28-30,36,60H,4-17,19,22,24-27,31-35,37-59H2,1-3H3/b21-18-,23-20-,30-29-,36-28-. The van der Waals surface area contributed by atoms with Crippen LogP contribution in [0.2, 0.25) is 0 Å². The van der Waals surface area contributed by atoms with Crippen LogP contribution in [0.5, 0.6) is 0 Å². The topological polar surface area (TPSA) is 78.9 Å². The summed E-state index contributed by atoms with van der Waals surface area (Å²) in [7, 11) is 0. The number of carbonyl (C=O) groups excluding carboxylic acids is 3. The maximum absolute atomic E-state index is 12.8. The molecule has 69 heavy (non-hydrogen) atoms. The predicted molar refractivity (Wildman–Crippen MR) is 298 cm³/mol. The Bertz CT molecular complexity index is 1200. The molecule has 0 radical (unpaired) electrons. The van der Waals surface area contributed by atoms with Crippen molar-refractivity contribution in [3.8, 4) is 0 Å². The zero-order chi connectivity index (χ0) is 50.0. The molecule has 0 spiro atoms. The maximum Gasteiger partial charge on any atom is 0.306 e. The quantitative estimate of drug-likeness (QED) is 0.0262. The van der Waals surface area contributed by atoms with Crippen LogP contribution in [0.4, 0.5) is 0 Å². The van der Waals surface area contributed by atoms with Gasteiger partial charge >= 0.3 is 17.9 Å². The number of hydrogen-bond acceptors (Lipinski definition) is 6. The molecule has 0 aromatic heterocycles. The van der Waals surface area contributed by atoms with Crippen molar-refractivity contribution in [3.05, 3.63) is 48.6 Å². The van der Waals surface area contributed by atoms with Crippen LogP contribution in [0.25, 0.3) is 0 Å². The third-order valence-electron chi connectivity index (χ3n) is 13.3. The van der Waals surface area contributed by atoms with Gasteiger partial charge in [-0.25, -0.2) is 0 Å². The minimum absolute atomic E-state index is 0.0801. The van der Waals surface area contributed by atoms with Gasteiger partial charge in [0.2, 0.25) is 0 Å². The summed E-state index contributed by atoms with van der Waals surface area (Å²) in [5, 5.41) is 0. The first-order valence-corrected chi connectivity index (χ1v) is 30.1. The fourth-order valence-corrected chi connectivity index (χ4v) is 8.70. The second kappa shape index (κ2) is 57.9. The highest BCUT2D eigenvalue weighted by Gasteiger charge is 2.19. The zero-order valence-electron chi connectivity index (χ0n) is 46.1. The smallest absolute Gasteiger partial charge is 0.306 e. The maximum atomic E-state index is 12.8. The molecule has 0 bridgehead atoms. The van der Waals surface area contributed by atoms with E-state index >= 15 is 0 Å². The van der Waals surface area contributed by atoms with Crippen molar-refractivity contribution in [1.82, 2.24) is 0 Å². The average Bonchev–Trinajstić information content (AvgIpc) is 3.35. The first-order chi connectivity index (χ1) is 34.0. The van der Waals surface area contributed by atoms with Crippen LogP contribution >= 0.6 is 0 Å². The molecular formula is C63H114O6. The molecule has 0 aliphatic carbocycles. The van der Waals surface area contributed by atoms with E-state index in [4.69, 9.17) is 14.2 Å². The van der Waals surface area contributed by atoms with Gasteiger partial charge in [0, 0.05) is 19.3 Å². The minimum Gasteiger partial charge on any atom is -0.462 e. The molecule has 402 valence electrons. The van der Waals surface area contributed by atoms with Crippen molar-refractivity contribution in [3.63, 3.8) is 0 Å². The summed E-state index contributed by atoms with van der Waals surface area (Å²) in [6.07, 6.45) is 71.1. The third kappa shape index (κ3) is 56.2. The summed E-state index contributed by atoms with van der Waals surface area (Å²) < 4.78 is 16.9. The molecule has 0 rings (SSSR count). The predicted octanol–water partition coefficient (Wildman–Crippen LogP) is 20.2. The van der Waals surface area contributed by atoms with E-state index in [1.807, 2.05) is 0 Å². The van der Waals surface area contributed by atoms with Gasteiger partial charge in [-0.05, 0) is 103 Å². The van der Waals surface area contributed by atoms with Gasteiger partial charge in [-0.3, -0.25) is 14.4 Å². The summed E-state index contributed by atoms with van der Waals surface area (Å²) in [6, 6.07) is 0. The number of esters is 3. The van der Waals surface area contributed by atoms with E-state index in [9.17, 15) is 14.4 Å². The fraction of sp³-hybridized carbons (Fsp3) is 0.825. The number of hydrogen-bond donors (Lipinski definition) is 0. The molecule has 0 N–H and O–H groups in total. The van der Waals surface area contributed by atoms with Gasteiger partial charge in [-0.15, -0.1) is 0 Å². The van der Waals surface area contributed by atoms with E-state index in [1.54, 1.807) is 0 Å². The normalized spacial score (nSPS) is 12.3. The molecule has 0 aromatic carbocycles. The monoisotopic (exact) mass is 967 g/mol. The van der Waals surface area contributed by atoms with Crippen LogP contribution in [-0.4, -0.2) is 37.2 Å². The molecule has 1 atom stereocenters. The largest absolute Gasteiger partial charge is 0.462 e. The van der Waals surface area contributed by atoms with E-state index < -0.39 is 6.10 Å². The highest BCUT2D eigenvalue weighted by Crippen LogP contribution is 2.16. The molecule has 0 aromatic rings. The van der Waals surface area contributed by atoms with Gasteiger partial charge in [0.15, 0.2) is 6.10 Å². The molecule has 0 saturated heterocycles. The van der Waals surface area contributed by atoms with Crippen LogP contribution in [0.15, 0.2) is 48.6 Å². The third-order valence-corrected chi connectivity index (χ3v) is 13.3. The first kappa shape index (κ1) is 66.4. The lowest BCUT2D eigenvalue weighted by atomic mass is 10.0. The molecular weight excluding hydrogens is 853 g/mol. The SMILES string of the molecule is CCCCC/C=C\CCCCCCCC(=O)OCC(COC(=O)CCCCCCCCCCCCC/C=C\CCCCCCCCCC)OC(=O)CCCCCCC/C=C\C/C=C\CCCCCC. The molecule has 0 aliphatic rings. The van der Waals surface area contributed by atoms with Crippen LogP contribution in [0.1, 0.15) is 316 Å². The molecule has 6 nitrogen and oxygen atoms in total. The number of ether oxygens (including phenoxy) is 3. The lowest BCUT2D eigenvalue weighted by Gasteiger charge is -2.18. The Morgan fingerprint density at radius 2 is 0.522 bits per heavy atom. The molecule has 0 amide bonds. The molecule has 6 heteroatoms. The first-order valence-electron chi connectivity index (χ1n) is 30.1. The Kier molecular flexibility index (Phi) is 55.7. The summed E-state index contributed by atoms with van der Waals surface area (Å²) in [5.74, 6) is -0.891. The minimum atomic E-state index is -0.783. The summed E-state index contributed by atoms with van der Waals surface area (Å²) in [6.45, 7) is 6.61. The van der Waals surface area contributed by atoms with E-state index in [0.717, 1.165) is 89.9 Å². The second-order valence-electron chi connectivity index (χ2n) is 20.2. The fourth-order valence-electron chi connectivity index (χ4n) is 8.70. The van der Waals surface area contributed by atoms with Crippen LogP contribution in [0.3, 0.4) is 0 Å². The van der Waals surface area contributed by atoms with Gasteiger partial charge in [0.25, 0.3) is 0 Å². The van der Waals surface area contributed by atoms with Gasteiger partial charge in [-0.1, -0.05) is 243 Å². The Balaban J connectivity index is 4.29. The van der Waals surface area contributed by atoms with E-state index in [2.05, 4.69) is 69.4 Å². The van der Waals surface area contributed by atoms with Crippen molar-refractivity contribution < 1.29 is 28.6 Å². The summed E-state index contributed by atoms with van der Waals surface area (Å²) in [4.78, 5) is 38.2. The van der Waals surface area contributed by atoms with Crippen LogP contribution in [0, 0.1) is 0 Å². The number of carbonyl (C=O) groups is 3. The lowest BCUT2D eigenvalue weighted by molar-refractivity contribution is -0.167. The Hall–Kier alpha value is -2.63. The van der Waals surface area contributed by atoms with Gasteiger partial charge in [-0.2, -0.15) is 0 Å². The average molecular weight is 968 g/mol. The highest BCUT2D eigenvalue weighted by atomic mass is 16.6. The molecule has 0 saturated carbocycles. The van der Waals surface area contributed by atoms with Crippen molar-refractivity contribution in [2.45, 2.75) is 322 Å². The summed E-state index contributed by atoms with van der Waals surface area (Å²) >= 11 is 0. The van der Waals surface area contributed by atoms with Crippen molar-refractivity contribution in [1.29, 1.82) is 0 Å². The van der Waals surface area contributed by atoms with Crippen molar-refractivity contribution in [2.24, 2.45) is 0 Å². The zero-order valence-corrected chi connectivity index (χ0v) is 46.1. The number of unbranched alkanes of at least 4 members (excludes halogenated alkanes) is 36.